The van der Waals surface area contributed by atoms with Crippen LogP contribution in [0.1, 0.15) is 28.5 Å². The van der Waals surface area contributed by atoms with Gasteiger partial charge in [0.1, 0.15) is 5.75 Å². The van der Waals surface area contributed by atoms with Crippen molar-refractivity contribution >= 4 is 0 Å². The van der Waals surface area contributed by atoms with E-state index in [0.29, 0.717) is 11.5 Å². The average molecular weight is 392 g/mol. The quantitative estimate of drug-likeness (QED) is 0.567. The number of aliphatic hydroxyl groups excluding tert-OH is 1. The zero-order valence-corrected chi connectivity index (χ0v) is 17.2. The third-order valence-electron chi connectivity index (χ3n) is 5.34. The molecule has 4 nitrogen and oxygen atoms in total. The number of ether oxygens (including phenoxy) is 3. The lowest BCUT2D eigenvalue weighted by atomic mass is 9.78. The van der Waals surface area contributed by atoms with Gasteiger partial charge in [-0.3, -0.25) is 0 Å². The molecule has 0 aromatic heterocycles. The minimum absolute atomic E-state index is 0.0486. The Hall–Kier alpha value is -2.98. The van der Waals surface area contributed by atoms with Crippen molar-refractivity contribution in [2.75, 3.05) is 27.9 Å². The smallest absolute Gasteiger partial charge is 0.160 e. The van der Waals surface area contributed by atoms with Crippen LogP contribution in [0.15, 0.2) is 72.8 Å². The van der Waals surface area contributed by atoms with Gasteiger partial charge in [0.25, 0.3) is 0 Å². The van der Waals surface area contributed by atoms with Crippen LogP contribution in [0.5, 0.6) is 17.2 Å². The monoisotopic (exact) mass is 392 g/mol. The summed E-state index contributed by atoms with van der Waals surface area (Å²) in [5.74, 6) is 2.20. The molecule has 0 saturated heterocycles. The Balaban J connectivity index is 2.05. The summed E-state index contributed by atoms with van der Waals surface area (Å²) in [4.78, 5) is 0. The van der Waals surface area contributed by atoms with Crippen molar-refractivity contribution in [3.8, 4) is 17.2 Å². The van der Waals surface area contributed by atoms with Crippen LogP contribution in [-0.2, 0) is 6.42 Å². The number of hydrogen-bond donors (Lipinski definition) is 1. The summed E-state index contributed by atoms with van der Waals surface area (Å²) in [5, 5.41) is 10.3. The first-order chi connectivity index (χ1) is 14.2. The summed E-state index contributed by atoms with van der Waals surface area (Å²) in [6, 6.07) is 24.2. The number of methoxy groups -OCH3 is 3. The minimum Gasteiger partial charge on any atom is -0.497 e. The first kappa shape index (κ1) is 20.7. The molecule has 0 spiro atoms. The lowest BCUT2D eigenvalue weighted by Gasteiger charge is -2.27. The first-order valence-corrected chi connectivity index (χ1v) is 9.70. The molecule has 0 heterocycles. The van der Waals surface area contributed by atoms with Gasteiger partial charge in [0.15, 0.2) is 11.5 Å². The van der Waals surface area contributed by atoms with E-state index < -0.39 is 0 Å². The normalized spacial score (nSPS) is 12.8. The van der Waals surface area contributed by atoms with Gasteiger partial charge >= 0.3 is 0 Å². The fraction of sp³-hybridized carbons (Fsp3) is 0.280. The number of benzene rings is 3. The second-order valence-corrected chi connectivity index (χ2v) is 6.98. The van der Waals surface area contributed by atoms with E-state index >= 15 is 0 Å². The lowest BCUT2D eigenvalue weighted by Crippen LogP contribution is -2.18. The van der Waals surface area contributed by atoms with Gasteiger partial charge in [-0.1, -0.05) is 48.5 Å². The molecule has 0 aliphatic rings. The van der Waals surface area contributed by atoms with Crippen molar-refractivity contribution in [3.63, 3.8) is 0 Å². The fourth-order valence-corrected chi connectivity index (χ4v) is 3.79. The highest BCUT2D eigenvalue weighted by atomic mass is 16.5. The molecule has 152 valence electrons. The van der Waals surface area contributed by atoms with Gasteiger partial charge in [-0.2, -0.15) is 0 Å². The van der Waals surface area contributed by atoms with Crippen LogP contribution in [-0.4, -0.2) is 33.0 Å². The van der Waals surface area contributed by atoms with Crippen molar-refractivity contribution < 1.29 is 19.3 Å². The number of rotatable bonds is 9. The highest BCUT2D eigenvalue weighted by Gasteiger charge is 2.26. The predicted molar refractivity (Wildman–Crippen MR) is 115 cm³/mol. The second-order valence-electron chi connectivity index (χ2n) is 6.98. The Labute approximate surface area is 172 Å². The van der Waals surface area contributed by atoms with Crippen LogP contribution in [0, 0.1) is 0 Å². The Morgan fingerprint density at radius 1 is 0.690 bits per heavy atom. The van der Waals surface area contributed by atoms with Crippen LogP contribution in [0.3, 0.4) is 0 Å². The molecule has 3 rings (SSSR count). The summed E-state index contributed by atoms with van der Waals surface area (Å²) in [7, 11) is 4.94. The lowest BCUT2D eigenvalue weighted by molar-refractivity contribution is 0.246. The van der Waals surface area contributed by atoms with Gasteiger partial charge < -0.3 is 19.3 Å². The van der Waals surface area contributed by atoms with Gasteiger partial charge in [0.2, 0.25) is 0 Å². The molecule has 2 atom stereocenters. The van der Waals surface area contributed by atoms with Gasteiger partial charge in [0, 0.05) is 5.92 Å². The van der Waals surface area contributed by atoms with E-state index in [0.717, 1.165) is 28.9 Å². The molecule has 0 bridgehead atoms. The van der Waals surface area contributed by atoms with E-state index in [4.69, 9.17) is 14.2 Å². The standard InChI is InChI=1S/C25H28O4/c1-27-21-11-7-8-18(14-21)15-22(23(17-26)19-9-5-4-6-10-19)20-12-13-24(28-2)25(16-20)29-3/h4-14,16,22-23,26H,15,17H2,1-3H3/t22-,23-/m1/s1. The molecule has 0 aliphatic heterocycles. The highest BCUT2D eigenvalue weighted by Crippen LogP contribution is 2.39. The van der Waals surface area contributed by atoms with Crippen LogP contribution in [0.2, 0.25) is 0 Å². The van der Waals surface area contributed by atoms with Crippen molar-refractivity contribution in [3.05, 3.63) is 89.5 Å². The van der Waals surface area contributed by atoms with E-state index in [2.05, 4.69) is 24.3 Å². The van der Waals surface area contributed by atoms with Gasteiger partial charge in [-0.05, 0) is 53.3 Å². The van der Waals surface area contributed by atoms with Crippen molar-refractivity contribution in [2.45, 2.75) is 18.3 Å². The topological polar surface area (TPSA) is 47.9 Å². The zero-order chi connectivity index (χ0) is 20.6. The van der Waals surface area contributed by atoms with E-state index in [1.807, 2.05) is 48.5 Å². The molecule has 0 saturated carbocycles. The molecule has 0 aliphatic carbocycles. The molecule has 0 fully saturated rings. The molecular formula is C25H28O4. The summed E-state index contributed by atoms with van der Waals surface area (Å²) >= 11 is 0. The van der Waals surface area contributed by atoms with E-state index in [9.17, 15) is 5.11 Å². The average Bonchev–Trinajstić information content (AvgIpc) is 2.79. The molecule has 3 aromatic rings. The first-order valence-electron chi connectivity index (χ1n) is 9.70. The molecule has 4 heteroatoms. The van der Waals surface area contributed by atoms with Gasteiger partial charge in [-0.25, -0.2) is 0 Å². The Morgan fingerprint density at radius 2 is 1.45 bits per heavy atom. The van der Waals surface area contributed by atoms with Gasteiger partial charge in [0.05, 0.1) is 27.9 Å². The molecule has 1 N–H and O–H groups in total. The zero-order valence-electron chi connectivity index (χ0n) is 17.2. The Morgan fingerprint density at radius 3 is 2.10 bits per heavy atom. The molecule has 29 heavy (non-hydrogen) atoms. The summed E-state index contributed by atoms with van der Waals surface area (Å²) < 4.78 is 16.3. The van der Waals surface area contributed by atoms with Gasteiger partial charge in [-0.15, -0.1) is 0 Å². The second kappa shape index (κ2) is 9.99. The maximum Gasteiger partial charge on any atom is 0.160 e. The third-order valence-corrected chi connectivity index (χ3v) is 5.34. The summed E-state index contributed by atoms with van der Waals surface area (Å²) in [6.07, 6.45) is 0.757. The third kappa shape index (κ3) is 4.90. The van der Waals surface area contributed by atoms with E-state index in [1.165, 1.54) is 0 Å². The van der Waals surface area contributed by atoms with Crippen LogP contribution in [0.25, 0.3) is 0 Å². The highest BCUT2D eigenvalue weighted by molar-refractivity contribution is 5.45. The maximum atomic E-state index is 10.3. The molecule has 0 unspecified atom stereocenters. The SMILES string of the molecule is COc1cccc(C[C@H](c2ccc(OC)c(OC)c2)[C@H](CO)c2ccccc2)c1. The van der Waals surface area contributed by atoms with Crippen LogP contribution in [0.4, 0.5) is 0 Å². The molecular weight excluding hydrogens is 364 g/mol. The molecule has 0 radical (unpaired) electrons. The minimum atomic E-state index is -0.0551. The predicted octanol–water partition coefficient (Wildman–Crippen LogP) is 4.81. The summed E-state index contributed by atoms with van der Waals surface area (Å²) in [6.45, 7) is 0.0486. The fourth-order valence-electron chi connectivity index (χ4n) is 3.79. The Bertz CT molecular complexity index is 908. The van der Waals surface area contributed by atoms with Crippen molar-refractivity contribution in [2.24, 2.45) is 0 Å². The largest absolute Gasteiger partial charge is 0.497 e. The van der Waals surface area contributed by atoms with Crippen molar-refractivity contribution in [1.29, 1.82) is 0 Å². The summed E-state index contributed by atoms with van der Waals surface area (Å²) in [5.41, 5.74) is 3.35. The Kier molecular flexibility index (Phi) is 7.14. The van der Waals surface area contributed by atoms with Crippen LogP contribution >= 0.6 is 0 Å². The molecule has 3 aromatic carbocycles. The number of hydrogen-bond acceptors (Lipinski definition) is 4. The number of aliphatic hydroxyl groups is 1. The maximum absolute atomic E-state index is 10.3. The van der Waals surface area contributed by atoms with E-state index in [1.54, 1.807) is 21.3 Å². The van der Waals surface area contributed by atoms with Crippen molar-refractivity contribution in [1.82, 2.24) is 0 Å². The van der Waals surface area contributed by atoms with Crippen LogP contribution < -0.4 is 14.2 Å². The van der Waals surface area contributed by atoms with E-state index in [-0.39, 0.29) is 18.4 Å². The molecule has 0 amide bonds.